The first-order chi connectivity index (χ1) is 12.0. The number of carbonyl (C=O) groups is 1. The number of likely N-dealkylation sites (tertiary alicyclic amines) is 1. The molecule has 1 aliphatic heterocycles. The molecule has 0 bridgehead atoms. The molecule has 1 saturated heterocycles. The van der Waals surface area contributed by atoms with E-state index in [-0.39, 0.29) is 35.9 Å². The Hall–Kier alpha value is -1.31. The molecule has 2 N–H and O–H groups in total. The number of guanidine groups is 1. The van der Waals surface area contributed by atoms with Crippen LogP contribution in [0.1, 0.15) is 50.7 Å². The van der Waals surface area contributed by atoms with Gasteiger partial charge in [-0.25, -0.2) is 0 Å². The standard InChI is InChI=1S/C20H32N4O.HI/c1-5-19(25)24-11-10-18(14-24)23-20(21-6-2)22-13-16(4)17-9-7-8-15(3)12-17;/h7-9,12,16,18H,5-6,10-11,13-14H2,1-4H3,(H2,21,22,23);1H. The summed E-state index contributed by atoms with van der Waals surface area (Å²) in [7, 11) is 0. The topological polar surface area (TPSA) is 56.7 Å². The van der Waals surface area contributed by atoms with Crippen LogP contribution in [0.25, 0.3) is 0 Å². The van der Waals surface area contributed by atoms with Crippen LogP contribution in [0.4, 0.5) is 0 Å². The number of halogens is 1. The Morgan fingerprint density at radius 2 is 2.15 bits per heavy atom. The van der Waals surface area contributed by atoms with E-state index in [4.69, 9.17) is 4.99 Å². The third-order valence-electron chi connectivity index (χ3n) is 4.66. The Balaban J connectivity index is 0.00000338. The summed E-state index contributed by atoms with van der Waals surface area (Å²) < 4.78 is 0. The predicted molar refractivity (Wildman–Crippen MR) is 119 cm³/mol. The number of rotatable bonds is 6. The van der Waals surface area contributed by atoms with E-state index in [1.165, 1.54) is 11.1 Å². The number of aryl methyl sites for hydroxylation is 1. The smallest absolute Gasteiger partial charge is 0.222 e. The van der Waals surface area contributed by atoms with Gasteiger partial charge in [0.15, 0.2) is 5.96 Å². The third kappa shape index (κ3) is 6.78. The summed E-state index contributed by atoms with van der Waals surface area (Å²) in [5.74, 6) is 1.45. The maximum absolute atomic E-state index is 11.8. The van der Waals surface area contributed by atoms with Crippen LogP contribution < -0.4 is 10.6 Å². The molecule has 2 atom stereocenters. The lowest BCUT2D eigenvalue weighted by molar-refractivity contribution is -0.129. The summed E-state index contributed by atoms with van der Waals surface area (Å²) >= 11 is 0. The number of hydrogen-bond donors (Lipinski definition) is 2. The van der Waals surface area contributed by atoms with E-state index in [1.807, 2.05) is 11.8 Å². The zero-order chi connectivity index (χ0) is 18.2. The van der Waals surface area contributed by atoms with Crippen LogP contribution >= 0.6 is 24.0 Å². The highest BCUT2D eigenvalue weighted by Crippen LogP contribution is 2.17. The van der Waals surface area contributed by atoms with Crippen molar-refractivity contribution in [2.24, 2.45) is 4.99 Å². The SMILES string of the molecule is CCNC(=NCC(C)c1cccc(C)c1)NC1CCN(C(=O)CC)C1.I. The highest BCUT2D eigenvalue weighted by molar-refractivity contribution is 14.0. The Bertz CT molecular complexity index is 605. The quantitative estimate of drug-likeness (QED) is 0.380. The van der Waals surface area contributed by atoms with Gasteiger partial charge >= 0.3 is 0 Å². The van der Waals surface area contributed by atoms with E-state index in [0.717, 1.165) is 38.6 Å². The average molecular weight is 472 g/mol. The Morgan fingerprint density at radius 1 is 1.38 bits per heavy atom. The second-order valence-corrected chi connectivity index (χ2v) is 6.86. The van der Waals surface area contributed by atoms with E-state index >= 15 is 0 Å². The number of carbonyl (C=O) groups excluding carboxylic acids is 1. The normalized spacial score (nSPS) is 18.2. The number of amides is 1. The number of benzene rings is 1. The molecule has 1 aromatic carbocycles. The van der Waals surface area contributed by atoms with Crippen molar-refractivity contribution in [2.45, 2.75) is 52.5 Å². The Kier molecular flexibility index (Phi) is 9.98. The Labute approximate surface area is 175 Å². The van der Waals surface area contributed by atoms with E-state index in [1.54, 1.807) is 0 Å². The molecule has 1 fully saturated rings. The van der Waals surface area contributed by atoms with Crippen molar-refractivity contribution in [2.75, 3.05) is 26.2 Å². The molecule has 0 spiro atoms. The molecule has 6 heteroatoms. The van der Waals surface area contributed by atoms with E-state index in [2.05, 4.69) is 55.7 Å². The third-order valence-corrected chi connectivity index (χ3v) is 4.66. The van der Waals surface area contributed by atoms with Crippen molar-refractivity contribution in [3.05, 3.63) is 35.4 Å². The second kappa shape index (κ2) is 11.4. The monoisotopic (exact) mass is 472 g/mol. The first-order valence-corrected chi connectivity index (χ1v) is 9.42. The van der Waals surface area contributed by atoms with Crippen molar-refractivity contribution in [3.63, 3.8) is 0 Å². The summed E-state index contributed by atoms with van der Waals surface area (Å²) in [4.78, 5) is 18.5. The first-order valence-electron chi connectivity index (χ1n) is 9.42. The van der Waals surface area contributed by atoms with Gasteiger partial charge in [-0.3, -0.25) is 9.79 Å². The van der Waals surface area contributed by atoms with E-state index < -0.39 is 0 Å². The molecule has 1 aliphatic rings. The van der Waals surface area contributed by atoms with Gasteiger partial charge in [0.2, 0.25) is 5.91 Å². The van der Waals surface area contributed by atoms with Gasteiger partial charge in [-0.15, -0.1) is 24.0 Å². The molecule has 26 heavy (non-hydrogen) atoms. The van der Waals surface area contributed by atoms with Gasteiger partial charge in [0.05, 0.1) is 0 Å². The van der Waals surface area contributed by atoms with Gasteiger partial charge in [0.25, 0.3) is 0 Å². The average Bonchev–Trinajstić information content (AvgIpc) is 3.07. The van der Waals surface area contributed by atoms with Crippen molar-refractivity contribution < 1.29 is 4.79 Å². The highest BCUT2D eigenvalue weighted by atomic mass is 127. The van der Waals surface area contributed by atoms with Crippen molar-refractivity contribution in [3.8, 4) is 0 Å². The molecular weight excluding hydrogens is 439 g/mol. The minimum absolute atomic E-state index is 0. The molecular formula is C20H33IN4O. The summed E-state index contributed by atoms with van der Waals surface area (Å²) in [5.41, 5.74) is 2.60. The molecule has 0 saturated carbocycles. The zero-order valence-electron chi connectivity index (χ0n) is 16.4. The van der Waals surface area contributed by atoms with Gasteiger partial charge < -0.3 is 15.5 Å². The van der Waals surface area contributed by atoms with Crippen LogP contribution in [0.15, 0.2) is 29.3 Å². The Morgan fingerprint density at radius 3 is 2.81 bits per heavy atom. The van der Waals surface area contributed by atoms with Crippen LogP contribution in [-0.4, -0.2) is 49.0 Å². The van der Waals surface area contributed by atoms with Crippen LogP contribution in [0, 0.1) is 6.92 Å². The van der Waals surface area contributed by atoms with Gasteiger partial charge in [-0.1, -0.05) is 43.7 Å². The lowest BCUT2D eigenvalue weighted by Gasteiger charge is -2.19. The van der Waals surface area contributed by atoms with E-state index in [9.17, 15) is 4.79 Å². The number of nitrogens with one attached hydrogen (secondary N) is 2. The highest BCUT2D eigenvalue weighted by Gasteiger charge is 2.25. The van der Waals surface area contributed by atoms with Crippen LogP contribution in [0.3, 0.4) is 0 Å². The second-order valence-electron chi connectivity index (χ2n) is 6.86. The van der Waals surface area contributed by atoms with Crippen LogP contribution in [0.5, 0.6) is 0 Å². The number of nitrogens with zero attached hydrogens (tertiary/aromatic N) is 2. The molecule has 0 aromatic heterocycles. The van der Waals surface area contributed by atoms with Crippen molar-refractivity contribution >= 4 is 35.8 Å². The van der Waals surface area contributed by atoms with E-state index in [0.29, 0.717) is 12.3 Å². The minimum Gasteiger partial charge on any atom is -0.357 e. The number of aliphatic imine (C=N–C) groups is 1. The lowest BCUT2D eigenvalue weighted by atomic mass is 10.00. The molecule has 0 radical (unpaired) electrons. The maximum Gasteiger partial charge on any atom is 0.222 e. The molecule has 2 unspecified atom stereocenters. The lowest BCUT2D eigenvalue weighted by Crippen LogP contribution is -2.45. The fourth-order valence-corrected chi connectivity index (χ4v) is 3.15. The van der Waals surface area contributed by atoms with Gasteiger partial charge in [-0.2, -0.15) is 0 Å². The fraction of sp³-hybridized carbons (Fsp3) is 0.600. The van der Waals surface area contributed by atoms with Gasteiger partial charge in [0.1, 0.15) is 0 Å². The van der Waals surface area contributed by atoms with Crippen molar-refractivity contribution in [1.82, 2.24) is 15.5 Å². The molecule has 1 amide bonds. The molecule has 5 nitrogen and oxygen atoms in total. The molecule has 2 rings (SSSR count). The fourth-order valence-electron chi connectivity index (χ4n) is 3.15. The predicted octanol–water partition coefficient (Wildman–Crippen LogP) is 3.28. The first kappa shape index (κ1) is 22.7. The summed E-state index contributed by atoms with van der Waals surface area (Å²) in [6.07, 6.45) is 1.55. The van der Waals surface area contributed by atoms with Crippen LogP contribution in [-0.2, 0) is 4.79 Å². The maximum atomic E-state index is 11.8. The summed E-state index contributed by atoms with van der Waals surface area (Å²) in [5, 5.41) is 6.81. The van der Waals surface area contributed by atoms with Gasteiger partial charge in [0, 0.05) is 44.6 Å². The van der Waals surface area contributed by atoms with Gasteiger partial charge in [-0.05, 0) is 25.8 Å². The summed E-state index contributed by atoms with van der Waals surface area (Å²) in [6.45, 7) is 11.5. The molecule has 0 aliphatic carbocycles. The van der Waals surface area contributed by atoms with Crippen molar-refractivity contribution in [1.29, 1.82) is 0 Å². The summed E-state index contributed by atoms with van der Waals surface area (Å²) in [6, 6.07) is 8.90. The largest absolute Gasteiger partial charge is 0.357 e. The molecule has 1 aromatic rings. The molecule has 146 valence electrons. The minimum atomic E-state index is 0. The molecule has 1 heterocycles. The van der Waals surface area contributed by atoms with Crippen LogP contribution in [0.2, 0.25) is 0 Å². The zero-order valence-corrected chi connectivity index (χ0v) is 18.7. The number of hydrogen-bond acceptors (Lipinski definition) is 2.